The van der Waals surface area contributed by atoms with E-state index in [9.17, 15) is 4.79 Å². The number of fused-ring (bicyclic) bond motifs is 1. The van der Waals surface area contributed by atoms with Gasteiger partial charge in [0.2, 0.25) is 0 Å². The number of nitrogens with zero attached hydrogens (tertiary/aromatic N) is 3. The zero-order valence-electron chi connectivity index (χ0n) is 11.6. The molecule has 2 aromatic carbocycles. The van der Waals surface area contributed by atoms with Crippen LogP contribution in [0.25, 0.3) is 27.3 Å². The molecule has 0 aliphatic heterocycles. The quantitative estimate of drug-likeness (QED) is 0.282. The molecule has 0 fully saturated rings. The number of carbonyl (C=O) groups excluding carboxylic acids is 1. The average Bonchev–Trinajstić information content (AvgIpc) is 2.53. The Morgan fingerprint density at radius 3 is 2.67 bits per heavy atom. The van der Waals surface area contributed by atoms with Crippen molar-refractivity contribution in [3.63, 3.8) is 0 Å². The van der Waals surface area contributed by atoms with Crippen LogP contribution in [0.1, 0.15) is 5.56 Å². The summed E-state index contributed by atoms with van der Waals surface area (Å²) in [5.41, 5.74) is 9.10. The molecule has 21 heavy (non-hydrogen) atoms. The van der Waals surface area contributed by atoms with Crippen molar-refractivity contribution in [2.45, 2.75) is 0 Å². The first-order chi connectivity index (χ1) is 10.2. The maximum Gasteiger partial charge on any atom is 0.340 e. The monoisotopic (exact) mass is 283 g/mol. The molecule has 0 spiro atoms. The minimum atomic E-state index is -0.706. The number of azide groups is 1. The van der Waals surface area contributed by atoms with Gasteiger partial charge in [-0.25, -0.2) is 4.79 Å². The van der Waals surface area contributed by atoms with E-state index in [0.29, 0.717) is 11.3 Å². The molecule has 2 aromatic rings. The molecule has 6 nitrogen and oxygen atoms in total. The normalized spacial score (nSPS) is 10.9. The molecule has 0 heterocycles. The van der Waals surface area contributed by atoms with Gasteiger partial charge in [-0.2, -0.15) is 0 Å². The largest absolute Gasteiger partial charge is 0.496 e. The van der Waals surface area contributed by atoms with Crippen molar-refractivity contribution in [3.8, 4) is 5.75 Å². The maximum atomic E-state index is 11.6. The summed E-state index contributed by atoms with van der Waals surface area (Å²) < 4.78 is 9.92. The van der Waals surface area contributed by atoms with Crippen molar-refractivity contribution >= 4 is 22.8 Å². The van der Waals surface area contributed by atoms with Gasteiger partial charge < -0.3 is 9.47 Å². The van der Waals surface area contributed by atoms with E-state index in [1.165, 1.54) is 20.3 Å². The van der Waals surface area contributed by atoms with Crippen LogP contribution in [-0.2, 0) is 9.53 Å². The Kier molecular flexibility index (Phi) is 4.43. The van der Waals surface area contributed by atoms with Crippen molar-refractivity contribution < 1.29 is 14.3 Å². The fourth-order valence-corrected chi connectivity index (χ4v) is 2.02. The predicted octanol–water partition coefficient (Wildman–Crippen LogP) is 3.67. The van der Waals surface area contributed by atoms with Crippen LogP contribution in [0.5, 0.6) is 5.75 Å². The second-order valence-electron chi connectivity index (χ2n) is 4.11. The number of rotatable bonds is 4. The highest BCUT2D eigenvalue weighted by Gasteiger charge is 2.12. The third-order valence-corrected chi connectivity index (χ3v) is 2.98. The van der Waals surface area contributed by atoms with E-state index in [4.69, 9.17) is 10.3 Å². The van der Waals surface area contributed by atoms with E-state index in [2.05, 4.69) is 14.8 Å². The molecule has 0 atom stereocenters. The summed E-state index contributed by atoms with van der Waals surface area (Å²) in [5, 5.41) is 5.25. The molecule has 0 bridgehead atoms. The number of hydrogen-bond donors (Lipinski definition) is 0. The Balaban J connectivity index is 2.73. The molecule has 0 radical (unpaired) electrons. The van der Waals surface area contributed by atoms with E-state index in [0.717, 1.165) is 10.8 Å². The van der Waals surface area contributed by atoms with Crippen molar-refractivity contribution in [2.24, 2.45) is 5.11 Å². The van der Waals surface area contributed by atoms with Gasteiger partial charge in [-0.1, -0.05) is 35.4 Å². The summed E-state index contributed by atoms with van der Waals surface area (Å²) in [6, 6.07) is 11.3. The summed E-state index contributed by atoms with van der Waals surface area (Å²) in [6.07, 6.45) is 1.46. The van der Waals surface area contributed by atoms with Crippen LogP contribution in [0.3, 0.4) is 0 Å². The predicted molar refractivity (Wildman–Crippen MR) is 79.6 cm³/mol. The van der Waals surface area contributed by atoms with Crippen LogP contribution in [0.15, 0.2) is 47.2 Å². The van der Waals surface area contributed by atoms with Gasteiger partial charge in [0.05, 0.1) is 14.2 Å². The van der Waals surface area contributed by atoms with Crippen LogP contribution in [-0.4, -0.2) is 20.2 Å². The van der Waals surface area contributed by atoms with E-state index in [1.54, 1.807) is 6.07 Å². The molecule has 0 saturated carbocycles. The first-order valence-corrected chi connectivity index (χ1v) is 6.12. The minimum Gasteiger partial charge on any atom is -0.496 e. The zero-order chi connectivity index (χ0) is 15.2. The Morgan fingerprint density at radius 2 is 2.00 bits per heavy atom. The van der Waals surface area contributed by atoms with Gasteiger partial charge in [0.15, 0.2) is 0 Å². The van der Waals surface area contributed by atoms with Gasteiger partial charge in [-0.15, -0.1) is 0 Å². The van der Waals surface area contributed by atoms with Crippen molar-refractivity contribution in [2.75, 3.05) is 14.2 Å². The second kappa shape index (κ2) is 6.45. The van der Waals surface area contributed by atoms with E-state index in [-0.39, 0.29) is 5.70 Å². The van der Waals surface area contributed by atoms with Gasteiger partial charge in [0, 0.05) is 10.5 Å². The maximum absolute atomic E-state index is 11.6. The lowest BCUT2D eigenvalue weighted by atomic mass is 10.0. The van der Waals surface area contributed by atoms with Crippen LogP contribution >= 0.6 is 0 Å². The summed E-state index contributed by atoms with van der Waals surface area (Å²) in [6.45, 7) is 0. The van der Waals surface area contributed by atoms with E-state index < -0.39 is 5.97 Å². The van der Waals surface area contributed by atoms with Gasteiger partial charge in [-0.3, -0.25) is 0 Å². The Labute approximate surface area is 121 Å². The summed E-state index contributed by atoms with van der Waals surface area (Å²) in [4.78, 5) is 14.3. The topological polar surface area (TPSA) is 84.3 Å². The molecule has 0 aliphatic rings. The number of methoxy groups -OCH3 is 2. The molecule has 0 aromatic heterocycles. The fourth-order valence-electron chi connectivity index (χ4n) is 2.02. The van der Waals surface area contributed by atoms with Crippen LogP contribution in [0.2, 0.25) is 0 Å². The van der Waals surface area contributed by atoms with Gasteiger partial charge in [0.25, 0.3) is 0 Å². The highest BCUT2D eigenvalue weighted by Crippen LogP contribution is 2.30. The van der Waals surface area contributed by atoms with Gasteiger partial charge in [0.1, 0.15) is 11.4 Å². The molecule has 0 aliphatic carbocycles. The number of esters is 1. The van der Waals surface area contributed by atoms with E-state index >= 15 is 0 Å². The molecule has 0 saturated heterocycles. The fraction of sp³-hybridized carbons (Fsp3) is 0.133. The Morgan fingerprint density at radius 1 is 1.24 bits per heavy atom. The Bertz CT molecular complexity index is 762. The average molecular weight is 283 g/mol. The number of benzene rings is 2. The van der Waals surface area contributed by atoms with Crippen molar-refractivity contribution in [1.29, 1.82) is 0 Å². The summed E-state index contributed by atoms with van der Waals surface area (Å²) in [7, 11) is 2.76. The van der Waals surface area contributed by atoms with Gasteiger partial charge in [-0.05, 0) is 28.4 Å². The second-order valence-corrected chi connectivity index (χ2v) is 4.11. The number of hydrogen-bond acceptors (Lipinski definition) is 4. The highest BCUT2D eigenvalue weighted by molar-refractivity contribution is 5.99. The van der Waals surface area contributed by atoms with Crippen LogP contribution in [0.4, 0.5) is 0 Å². The summed E-state index contributed by atoms with van der Waals surface area (Å²) >= 11 is 0. The smallest absolute Gasteiger partial charge is 0.340 e. The zero-order valence-corrected chi connectivity index (χ0v) is 11.6. The number of ether oxygens (including phenoxy) is 2. The van der Waals surface area contributed by atoms with Crippen LogP contribution in [0, 0.1) is 0 Å². The molecule has 0 amide bonds. The highest BCUT2D eigenvalue weighted by atomic mass is 16.5. The molecule has 0 unspecified atom stereocenters. The van der Waals surface area contributed by atoms with Crippen molar-refractivity contribution in [1.82, 2.24) is 0 Å². The molecule has 2 rings (SSSR count). The molecule has 106 valence electrons. The van der Waals surface area contributed by atoms with Crippen LogP contribution < -0.4 is 4.74 Å². The van der Waals surface area contributed by atoms with Gasteiger partial charge >= 0.3 is 5.97 Å². The lowest BCUT2D eigenvalue weighted by Gasteiger charge is -2.09. The molecular weight excluding hydrogens is 270 g/mol. The third-order valence-electron chi connectivity index (χ3n) is 2.98. The first kappa shape index (κ1) is 14.4. The number of carbonyl (C=O) groups is 1. The SMILES string of the molecule is COC(=O)/C(=C\c1c(OC)ccc2ccccc12)N=[N+]=[N-]. The molecule has 6 heteroatoms. The lowest BCUT2D eigenvalue weighted by molar-refractivity contribution is -0.136. The summed E-state index contributed by atoms with van der Waals surface area (Å²) in [5.74, 6) is -0.133. The van der Waals surface area contributed by atoms with Crippen molar-refractivity contribution in [3.05, 3.63) is 58.1 Å². The standard InChI is InChI=1S/C15H13N3O3/c1-20-14-8-7-10-5-3-4-6-11(10)12(14)9-13(17-18-16)15(19)21-2/h3-9H,1-2H3/b13-9+. The third kappa shape index (κ3) is 2.96. The lowest BCUT2D eigenvalue weighted by Crippen LogP contribution is -2.02. The molecule has 0 N–H and O–H groups in total. The molecular formula is C15H13N3O3. The minimum absolute atomic E-state index is 0.130. The van der Waals surface area contributed by atoms with E-state index in [1.807, 2.05) is 30.3 Å². The Hall–Kier alpha value is -2.98. The first-order valence-electron chi connectivity index (χ1n) is 6.12.